The smallest absolute Gasteiger partial charge is 0.282 e. The Kier molecular flexibility index (Phi) is 2.45. The zero-order valence-corrected chi connectivity index (χ0v) is 8.48. The molecule has 72 valence electrons. The summed E-state index contributed by atoms with van der Waals surface area (Å²) in [5.41, 5.74) is 2.06. The summed E-state index contributed by atoms with van der Waals surface area (Å²) >= 11 is 0. The van der Waals surface area contributed by atoms with Crippen LogP contribution in [-0.4, -0.2) is 13.0 Å². The van der Waals surface area contributed by atoms with E-state index in [0.29, 0.717) is 17.6 Å². The van der Waals surface area contributed by atoms with Crippen LogP contribution in [0, 0.1) is 0 Å². The maximum absolute atomic E-state index is 10.9. The van der Waals surface area contributed by atoms with Crippen LogP contribution in [0.4, 0.5) is 0 Å². The van der Waals surface area contributed by atoms with Crippen LogP contribution in [0.15, 0.2) is 34.3 Å². The molecular weight excluding hydrogens is 188 g/mol. The van der Waals surface area contributed by atoms with E-state index in [1.165, 1.54) is 0 Å². The van der Waals surface area contributed by atoms with Gasteiger partial charge in [-0.3, -0.25) is 4.55 Å². The molecule has 0 unspecified atom stereocenters. The summed E-state index contributed by atoms with van der Waals surface area (Å²) < 4.78 is 30.7. The topological polar surface area (TPSA) is 54.4 Å². The van der Waals surface area contributed by atoms with Gasteiger partial charge in [0.05, 0.1) is 4.91 Å². The lowest BCUT2D eigenvalue weighted by Gasteiger charge is -2.16. The summed E-state index contributed by atoms with van der Waals surface area (Å²) in [6.07, 6.45) is 2.25. The summed E-state index contributed by atoms with van der Waals surface area (Å²) in [6.45, 7) is 7.17. The predicted octanol–water partition coefficient (Wildman–Crippen LogP) is 2.05. The quantitative estimate of drug-likeness (QED) is 0.659. The van der Waals surface area contributed by atoms with Crippen LogP contribution >= 0.6 is 0 Å². The fourth-order valence-corrected chi connectivity index (χ4v) is 2.47. The summed E-state index contributed by atoms with van der Waals surface area (Å²) in [4.78, 5) is -0.0295. The van der Waals surface area contributed by atoms with Crippen LogP contribution in [0.5, 0.6) is 0 Å². The molecule has 1 N–H and O–H groups in total. The van der Waals surface area contributed by atoms with Gasteiger partial charge in [0, 0.05) is 0 Å². The van der Waals surface area contributed by atoms with Gasteiger partial charge in [-0.15, -0.1) is 0 Å². The largest absolute Gasteiger partial charge is 0.295 e. The van der Waals surface area contributed by atoms with Crippen molar-refractivity contribution in [2.24, 2.45) is 0 Å². The number of hydrogen-bond acceptors (Lipinski definition) is 2. The van der Waals surface area contributed by atoms with E-state index in [0.717, 1.165) is 5.57 Å². The van der Waals surface area contributed by atoms with Gasteiger partial charge < -0.3 is 0 Å². The van der Waals surface area contributed by atoms with E-state index in [9.17, 15) is 8.42 Å². The Morgan fingerprint density at radius 1 is 1.46 bits per heavy atom. The normalized spacial score (nSPS) is 19.0. The molecule has 0 aromatic carbocycles. The molecule has 0 aromatic heterocycles. The highest BCUT2D eigenvalue weighted by molar-refractivity contribution is 7.90. The fourth-order valence-electron chi connectivity index (χ4n) is 1.57. The molecule has 0 heterocycles. The van der Waals surface area contributed by atoms with Gasteiger partial charge in [-0.2, -0.15) is 8.42 Å². The lowest BCUT2D eigenvalue weighted by atomic mass is 9.98. The lowest BCUT2D eigenvalue weighted by Crippen LogP contribution is -2.09. The molecule has 13 heavy (non-hydrogen) atoms. The molecule has 0 radical (unpaired) electrons. The van der Waals surface area contributed by atoms with Gasteiger partial charge in [-0.1, -0.05) is 18.2 Å². The van der Waals surface area contributed by atoms with Gasteiger partial charge in [0.15, 0.2) is 0 Å². The number of hydrogen-bond donors (Lipinski definition) is 1. The molecule has 0 saturated carbocycles. The van der Waals surface area contributed by atoms with Gasteiger partial charge in [-0.25, -0.2) is 0 Å². The van der Waals surface area contributed by atoms with E-state index >= 15 is 0 Å². The van der Waals surface area contributed by atoms with E-state index in [1.54, 1.807) is 13.0 Å². The third-order valence-corrected chi connectivity index (χ3v) is 3.02. The Labute approximate surface area is 78.2 Å². The minimum absolute atomic E-state index is 0.0295. The minimum Gasteiger partial charge on any atom is -0.282 e. The summed E-state index contributed by atoms with van der Waals surface area (Å²) in [5, 5.41) is 0. The molecule has 0 aromatic rings. The Bertz CT molecular complexity index is 410. The first-order valence-electron chi connectivity index (χ1n) is 3.86. The Hall–Kier alpha value is -0.870. The van der Waals surface area contributed by atoms with Gasteiger partial charge in [0.25, 0.3) is 10.1 Å². The molecule has 1 rings (SSSR count). The highest BCUT2D eigenvalue weighted by atomic mass is 32.2. The van der Waals surface area contributed by atoms with Crippen LogP contribution in [0.2, 0.25) is 0 Å². The zero-order valence-electron chi connectivity index (χ0n) is 7.66. The van der Waals surface area contributed by atoms with Crippen LogP contribution in [0.1, 0.15) is 20.3 Å². The van der Waals surface area contributed by atoms with Crippen molar-refractivity contribution < 1.29 is 13.0 Å². The second kappa shape index (κ2) is 3.12. The molecule has 0 fully saturated rings. The molecule has 0 amide bonds. The highest BCUT2D eigenvalue weighted by Crippen LogP contribution is 2.30. The van der Waals surface area contributed by atoms with Gasteiger partial charge >= 0.3 is 0 Å². The van der Waals surface area contributed by atoms with Crippen molar-refractivity contribution in [2.75, 3.05) is 0 Å². The maximum atomic E-state index is 10.9. The monoisotopic (exact) mass is 200 g/mol. The molecule has 1 aliphatic carbocycles. The zero-order chi connectivity index (χ0) is 10.2. The molecule has 0 saturated heterocycles. The third kappa shape index (κ3) is 2.08. The average Bonchev–Trinajstić information content (AvgIpc) is 1.78. The number of allylic oxidation sites excluding steroid dienone is 4. The molecule has 0 atom stereocenters. The van der Waals surface area contributed by atoms with E-state index < -0.39 is 10.1 Å². The second-order valence-corrected chi connectivity index (χ2v) is 4.62. The van der Waals surface area contributed by atoms with Gasteiger partial charge in [-0.05, 0) is 31.4 Å². The first-order chi connectivity index (χ1) is 5.82. The van der Waals surface area contributed by atoms with Gasteiger partial charge in [0.1, 0.15) is 0 Å². The molecule has 3 nitrogen and oxygen atoms in total. The predicted molar refractivity (Wildman–Crippen MR) is 51.8 cm³/mol. The molecule has 1 aliphatic rings. The average molecular weight is 200 g/mol. The molecule has 0 aliphatic heterocycles. The van der Waals surface area contributed by atoms with Crippen LogP contribution in [-0.2, 0) is 10.1 Å². The van der Waals surface area contributed by atoms with Crippen LogP contribution in [0.3, 0.4) is 0 Å². The maximum Gasteiger partial charge on any atom is 0.295 e. The van der Waals surface area contributed by atoms with E-state index in [4.69, 9.17) is 4.55 Å². The first-order valence-corrected chi connectivity index (χ1v) is 5.30. The summed E-state index contributed by atoms with van der Waals surface area (Å²) in [7, 11) is -4.11. The fraction of sp³-hybridized carbons (Fsp3) is 0.333. The van der Waals surface area contributed by atoms with E-state index in [2.05, 4.69) is 6.58 Å². The van der Waals surface area contributed by atoms with E-state index in [-0.39, 0.29) is 4.91 Å². The minimum atomic E-state index is -4.11. The SMILES string of the molecule is C=C1CC(C)=CC(C)=C1S(=O)(=O)O. The van der Waals surface area contributed by atoms with Gasteiger partial charge in [0.2, 0.25) is 0 Å². The first kappa shape index (κ1) is 10.2. The Morgan fingerprint density at radius 2 is 2.00 bits per heavy atom. The summed E-state index contributed by atoms with van der Waals surface area (Å²) in [6, 6.07) is 0. The highest BCUT2D eigenvalue weighted by Gasteiger charge is 2.22. The van der Waals surface area contributed by atoms with Crippen molar-refractivity contribution in [1.82, 2.24) is 0 Å². The Morgan fingerprint density at radius 3 is 2.38 bits per heavy atom. The third-order valence-electron chi connectivity index (χ3n) is 1.89. The van der Waals surface area contributed by atoms with Crippen molar-refractivity contribution in [1.29, 1.82) is 0 Å². The molecular formula is C9H12O3S. The lowest BCUT2D eigenvalue weighted by molar-refractivity contribution is 0.491. The van der Waals surface area contributed by atoms with Crippen molar-refractivity contribution in [3.8, 4) is 0 Å². The van der Waals surface area contributed by atoms with Crippen LogP contribution in [0.25, 0.3) is 0 Å². The van der Waals surface area contributed by atoms with Crippen molar-refractivity contribution in [3.05, 3.63) is 34.3 Å². The molecule has 0 bridgehead atoms. The molecule has 0 spiro atoms. The number of rotatable bonds is 1. The van der Waals surface area contributed by atoms with Crippen LogP contribution < -0.4 is 0 Å². The second-order valence-electron chi connectivity index (χ2n) is 3.26. The Balaban J connectivity index is 3.36. The van der Waals surface area contributed by atoms with Crippen molar-refractivity contribution in [3.63, 3.8) is 0 Å². The van der Waals surface area contributed by atoms with E-state index in [1.807, 2.05) is 6.92 Å². The van der Waals surface area contributed by atoms with Crippen molar-refractivity contribution in [2.45, 2.75) is 20.3 Å². The summed E-state index contributed by atoms with van der Waals surface area (Å²) in [5.74, 6) is 0. The standard InChI is InChI=1S/C9H12O3S/c1-6-4-7(2)9(8(3)5-6)13(10,11)12/h5H,2,4H2,1,3H3,(H,10,11,12). The van der Waals surface area contributed by atoms with Crippen molar-refractivity contribution >= 4 is 10.1 Å². The molecule has 4 heteroatoms.